The van der Waals surface area contributed by atoms with Gasteiger partial charge < -0.3 is 19.5 Å². The number of carbonyl (C=O) groups excluding carboxylic acids is 1. The Morgan fingerprint density at radius 2 is 1.88 bits per heavy atom. The van der Waals surface area contributed by atoms with Crippen LogP contribution in [-0.2, 0) is 26.3 Å². The van der Waals surface area contributed by atoms with Crippen LogP contribution in [0.4, 0.5) is 10.1 Å². The smallest absolute Gasteiger partial charge is 0.331 e. The molecular weight excluding hydrogens is 541 g/mol. The van der Waals surface area contributed by atoms with Crippen molar-refractivity contribution in [3.63, 3.8) is 0 Å². The number of benzene rings is 3. The second-order valence-corrected chi connectivity index (χ2v) is 11.8. The Morgan fingerprint density at radius 1 is 1.10 bits per heavy atom. The minimum Gasteiger partial charge on any atom is -0.497 e. The van der Waals surface area contributed by atoms with Crippen LogP contribution < -0.4 is 10.1 Å². The molecule has 0 heterocycles. The van der Waals surface area contributed by atoms with E-state index in [0.717, 1.165) is 29.0 Å². The zero-order chi connectivity index (χ0) is 29.0. The lowest BCUT2D eigenvalue weighted by atomic mass is 9.57. The molecular formula is C34H37ClFNO4. The average molecular weight is 578 g/mol. The summed E-state index contributed by atoms with van der Waals surface area (Å²) >= 11 is 6.28. The Balaban J connectivity index is 1.40. The van der Waals surface area contributed by atoms with Crippen molar-refractivity contribution < 1.29 is 23.4 Å². The van der Waals surface area contributed by atoms with E-state index in [9.17, 15) is 9.18 Å². The summed E-state index contributed by atoms with van der Waals surface area (Å²) < 4.78 is 31.6. The fraction of sp³-hybridized carbons (Fsp3) is 0.382. The largest absolute Gasteiger partial charge is 0.497 e. The number of carbonyl (C=O) groups is 1. The number of hydrogen-bond donors (Lipinski definition) is 1. The molecule has 216 valence electrons. The van der Waals surface area contributed by atoms with Crippen LogP contribution in [0.5, 0.6) is 5.75 Å². The number of nitrogens with one attached hydrogen (secondary N) is 1. The van der Waals surface area contributed by atoms with E-state index >= 15 is 0 Å². The summed E-state index contributed by atoms with van der Waals surface area (Å²) in [5.41, 5.74) is 2.16. The molecule has 0 aromatic heterocycles. The Hall–Kier alpha value is -3.35. The van der Waals surface area contributed by atoms with Crippen molar-refractivity contribution in [3.8, 4) is 5.75 Å². The number of allylic oxidation sites excluding steroid dienone is 1. The predicted octanol–water partition coefficient (Wildman–Crippen LogP) is 7.82. The predicted molar refractivity (Wildman–Crippen MR) is 161 cm³/mol. The Labute approximate surface area is 246 Å². The quantitative estimate of drug-likeness (QED) is 0.249. The van der Waals surface area contributed by atoms with Crippen molar-refractivity contribution in [2.24, 2.45) is 11.8 Å². The fourth-order valence-corrected chi connectivity index (χ4v) is 6.86. The lowest BCUT2D eigenvalue weighted by Crippen LogP contribution is -2.56. The first-order chi connectivity index (χ1) is 19.8. The molecule has 0 aliphatic heterocycles. The van der Waals surface area contributed by atoms with E-state index in [0.29, 0.717) is 43.1 Å². The van der Waals surface area contributed by atoms with Gasteiger partial charge in [0.05, 0.1) is 20.8 Å². The second-order valence-electron chi connectivity index (χ2n) is 11.4. The van der Waals surface area contributed by atoms with E-state index in [-0.39, 0.29) is 29.0 Å². The second kappa shape index (κ2) is 12.3. The van der Waals surface area contributed by atoms with Gasteiger partial charge in [0.2, 0.25) is 0 Å². The third-order valence-corrected chi connectivity index (χ3v) is 8.93. The molecule has 2 aliphatic rings. The summed E-state index contributed by atoms with van der Waals surface area (Å²) in [7, 11) is 3.08. The molecule has 3 aromatic carbocycles. The van der Waals surface area contributed by atoms with E-state index in [1.807, 2.05) is 54.6 Å². The first kappa shape index (κ1) is 29.2. The highest BCUT2D eigenvalue weighted by Gasteiger charge is 2.54. The molecule has 3 unspecified atom stereocenters. The number of fused-ring (bicyclic) bond motifs is 2. The van der Waals surface area contributed by atoms with Gasteiger partial charge in [-0.3, -0.25) is 0 Å². The van der Waals surface area contributed by atoms with E-state index in [2.05, 4.69) is 18.3 Å². The van der Waals surface area contributed by atoms with E-state index < -0.39 is 5.54 Å². The van der Waals surface area contributed by atoms with Gasteiger partial charge in [0.25, 0.3) is 0 Å². The highest BCUT2D eigenvalue weighted by Crippen LogP contribution is 2.55. The third kappa shape index (κ3) is 6.00. The molecule has 1 saturated carbocycles. The fourth-order valence-electron chi connectivity index (χ4n) is 6.67. The highest BCUT2D eigenvalue weighted by molar-refractivity contribution is 6.30. The summed E-state index contributed by atoms with van der Waals surface area (Å²) in [5, 5.41) is 4.09. The monoisotopic (exact) mass is 577 g/mol. The van der Waals surface area contributed by atoms with Gasteiger partial charge in [-0.15, -0.1) is 0 Å². The summed E-state index contributed by atoms with van der Waals surface area (Å²) in [6, 6.07) is 20.6. The van der Waals surface area contributed by atoms with Crippen LogP contribution in [0.1, 0.15) is 49.3 Å². The van der Waals surface area contributed by atoms with E-state index in [1.165, 1.54) is 13.2 Å². The molecule has 1 N–H and O–H groups in total. The van der Waals surface area contributed by atoms with Crippen molar-refractivity contribution in [1.82, 2.24) is 0 Å². The molecule has 7 heteroatoms. The van der Waals surface area contributed by atoms with Crippen LogP contribution in [0.15, 0.2) is 72.8 Å². The van der Waals surface area contributed by atoms with Crippen LogP contribution in [0.3, 0.4) is 0 Å². The molecule has 41 heavy (non-hydrogen) atoms. The van der Waals surface area contributed by atoms with Crippen LogP contribution in [0.2, 0.25) is 5.02 Å². The van der Waals surface area contributed by atoms with Gasteiger partial charge in [-0.2, -0.15) is 0 Å². The third-order valence-electron chi connectivity index (χ3n) is 8.69. The SMILES string of the molecule is COC(=O)C1(Nc2cccc(Cl)c2)CCC2(C=Cc3c(F)cccc32)C(C[C@@H](C)COCc2ccc(OC)cc2)C1. The molecule has 0 radical (unpaired) electrons. The zero-order valence-corrected chi connectivity index (χ0v) is 24.5. The van der Waals surface area contributed by atoms with Gasteiger partial charge in [-0.05, 0) is 85.0 Å². The number of halogens is 2. The van der Waals surface area contributed by atoms with Crippen molar-refractivity contribution in [2.75, 3.05) is 26.1 Å². The first-order valence-corrected chi connectivity index (χ1v) is 14.5. The summed E-state index contributed by atoms with van der Waals surface area (Å²) in [4.78, 5) is 13.5. The Kier molecular flexibility index (Phi) is 8.71. The molecule has 0 saturated heterocycles. The standard InChI is InChI=1S/C34H37ClFNO4/c1-23(21-41-22-24-10-12-28(39-2)13-11-24)18-25-20-34(32(38)40-3,37-27-7-4-6-26(35)19-27)17-16-33(25)15-14-29-30(33)8-5-9-31(29)36/h4-15,19,23,25,37H,16-18,20-22H2,1-3H3/t23-,25?,33?,34?/m1/s1. The highest BCUT2D eigenvalue weighted by atomic mass is 35.5. The van der Waals surface area contributed by atoms with Crippen LogP contribution in [0, 0.1) is 17.7 Å². The molecule has 2 aliphatic carbocycles. The van der Waals surface area contributed by atoms with Gasteiger partial charge >= 0.3 is 5.97 Å². The number of methoxy groups -OCH3 is 2. The van der Waals surface area contributed by atoms with Gasteiger partial charge in [0.15, 0.2) is 0 Å². The lowest BCUT2D eigenvalue weighted by molar-refractivity contribution is -0.148. The van der Waals surface area contributed by atoms with Gasteiger partial charge in [-0.25, -0.2) is 9.18 Å². The summed E-state index contributed by atoms with van der Waals surface area (Å²) in [5.74, 6) is 0.516. The minimum absolute atomic E-state index is 0.0286. The normalized spacial score (nSPS) is 23.7. The van der Waals surface area contributed by atoms with Crippen molar-refractivity contribution >= 4 is 29.3 Å². The topological polar surface area (TPSA) is 56.8 Å². The van der Waals surface area contributed by atoms with Gasteiger partial charge in [0, 0.05) is 28.3 Å². The molecule has 0 amide bonds. The summed E-state index contributed by atoms with van der Waals surface area (Å²) in [6.45, 7) is 3.23. The molecule has 3 aromatic rings. The maximum atomic E-state index is 14.9. The number of anilines is 1. The Morgan fingerprint density at radius 3 is 2.61 bits per heavy atom. The van der Waals surface area contributed by atoms with Crippen LogP contribution in [-0.4, -0.2) is 32.3 Å². The maximum absolute atomic E-state index is 14.9. The van der Waals surface area contributed by atoms with Crippen LogP contribution in [0.25, 0.3) is 6.08 Å². The van der Waals surface area contributed by atoms with Crippen molar-refractivity contribution in [1.29, 1.82) is 0 Å². The lowest BCUT2D eigenvalue weighted by Gasteiger charge is -2.50. The number of esters is 1. The summed E-state index contributed by atoms with van der Waals surface area (Å²) in [6.07, 6.45) is 6.60. The molecule has 4 atom stereocenters. The first-order valence-electron chi connectivity index (χ1n) is 14.1. The Bertz CT molecular complexity index is 1410. The minimum atomic E-state index is -0.942. The maximum Gasteiger partial charge on any atom is 0.331 e. The van der Waals surface area contributed by atoms with Gasteiger partial charge in [-0.1, -0.05) is 61.0 Å². The van der Waals surface area contributed by atoms with E-state index in [1.54, 1.807) is 19.2 Å². The van der Waals surface area contributed by atoms with Crippen LogP contribution >= 0.6 is 11.6 Å². The van der Waals surface area contributed by atoms with E-state index in [4.69, 9.17) is 25.8 Å². The zero-order valence-electron chi connectivity index (χ0n) is 23.8. The average Bonchev–Trinajstić information content (AvgIpc) is 3.35. The molecule has 5 rings (SSSR count). The van der Waals surface area contributed by atoms with Gasteiger partial charge in [0.1, 0.15) is 17.1 Å². The molecule has 1 spiro atoms. The van der Waals surface area contributed by atoms with Crippen molar-refractivity contribution in [2.45, 2.75) is 50.2 Å². The number of hydrogen-bond acceptors (Lipinski definition) is 5. The molecule has 0 bridgehead atoms. The number of rotatable bonds is 10. The number of ether oxygens (including phenoxy) is 3. The molecule has 1 fully saturated rings. The molecule has 5 nitrogen and oxygen atoms in total. The van der Waals surface area contributed by atoms with Crippen molar-refractivity contribution in [3.05, 3.63) is 100 Å².